The van der Waals surface area contributed by atoms with Crippen molar-refractivity contribution in [3.63, 3.8) is 0 Å². The molecule has 1 amide bonds. The zero-order valence-corrected chi connectivity index (χ0v) is 17.4. The van der Waals surface area contributed by atoms with E-state index < -0.39 is 0 Å². The van der Waals surface area contributed by atoms with Gasteiger partial charge < -0.3 is 14.5 Å². The molecule has 0 atom stereocenters. The van der Waals surface area contributed by atoms with Crippen molar-refractivity contribution in [2.75, 3.05) is 26.2 Å². The molecule has 1 saturated carbocycles. The highest BCUT2D eigenvalue weighted by molar-refractivity contribution is 5.79. The molecule has 2 aliphatic rings. The third-order valence-electron chi connectivity index (χ3n) is 6.19. The minimum atomic E-state index is 0.135. The van der Waals surface area contributed by atoms with Gasteiger partial charge in [0.1, 0.15) is 5.75 Å². The first-order chi connectivity index (χ1) is 14.2. The molecular weight excluding hydrogens is 360 g/mol. The maximum Gasteiger partial charge on any atom is 0.261 e. The zero-order chi connectivity index (χ0) is 20.1. The van der Waals surface area contributed by atoms with Crippen LogP contribution in [-0.2, 0) is 11.2 Å². The molecule has 1 aliphatic carbocycles. The van der Waals surface area contributed by atoms with Crippen molar-refractivity contribution in [3.8, 4) is 5.75 Å². The molecule has 2 aromatic rings. The molecule has 154 valence electrons. The van der Waals surface area contributed by atoms with Gasteiger partial charge in [0, 0.05) is 31.6 Å². The number of hydrogen-bond donors (Lipinski definition) is 0. The van der Waals surface area contributed by atoms with Crippen LogP contribution in [0.25, 0.3) is 0 Å². The lowest BCUT2D eigenvalue weighted by atomic mass is 10.0. The molecule has 0 unspecified atom stereocenters. The van der Waals surface area contributed by atoms with E-state index in [1.807, 2.05) is 24.3 Å². The van der Waals surface area contributed by atoms with Gasteiger partial charge in [0.05, 0.1) is 0 Å². The Balaban J connectivity index is 1.38. The highest BCUT2D eigenvalue weighted by Crippen LogP contribution is 2.32. The van der Waals surface area contributed by atoms with Crippen LogP contribution in [0, 0.1) is 0 Å². The highest BCUT2D eigenvalue weighted by Gasteiger charge is 2.38. The standard InChI is InChI=1S/C25H32N2O2/c1-2-26-16-14-23(15-17-26)27(22-12-13-22)25(28)19-29-24-11-7-6-10-21(24)18-20-8-4-3-5-9-20/h3-11,22-23H,2,12-19H2,1H3. The van der Waals surface area contributed by atoms with Crippen LogP contribution < -0.4 is 4.74 Å². The maximum atomic E-state index is 13.1. The Morgan fingerprint density at radius 2 is 1.62 bits per heavy atom. The molecule has 2 aromatic carbocycles. The third kappa shape index (κ3) is 5.18. The first-order valence-corrected chi connectivity index (χ1v) is 11.0. The van der Waals surface area contributed by atoms with Gasteiger partial charge in [0.15, 0.2) is 6.61 Å². The van der Waals surface area contributed by atoms with Gasteiger partial charge in [-0.2, -0.15) is 0 Å². The van der Waals surface area contributed by atoms with Crippen molar-refractivity contribution in [2.24, 2.45) is 0 Å². The second-order valence-electron chi connectivity index (χ2n) is 8.26. The molecule has 0 spiro atoms. The third-order valence-corrected chi connectivity index (χ3v) is 6.19. The number of para-hydroxylation sites is 1. The number of ether oxygens (including phenoxy) is 1. The smallest absolute Gasteiger partial charge is 0.261 e. The number of nitrogens with zero attached hydrogens (tertiary/aromatic N) is 2. The lowest BCUT2D eigenvalue weighted by Gasteiger charge is -2.38. The second kappa shape index (κ2) is 9.45. The summed E-state index contributed by atoms with van der Waals surface area (Å²) < 4.78 is 6.06. The molecule has 0 N–H and O–H groups in total. The van der Waals surface area contributed by atoms with E-state index in [1.54, 1.807) is 0 Å². The predicted molar refractivity (Wildman–Crippen MR) is 116 cm³/mol. The minimum Gasteiger partial charge on any atom is -0.483 e. The van der Waals surface area contributed by atoms with Crippen molar-refractivity contribution in [1.29, 1.82) is 0 Å². The van der Waals surface area contributed by atoms with E-state index in [2.05, 4.69) is 47.1 Å². The Hall–Kier alpha value is -2.33. The van der Waals surface area contributed by atoms with Crippen LogP contribution in [-0.4, -0.2) is 54.0 Å². The van der Waals surface area contributed by atoms with Crippen LogP contribution in [0.4, 0.5) is 0 Å². The van der Waals surface area contributed by atoms with Crippen molar-refractivity contribution < 1.29 is 9.53 Å². The maximum absolute atomic E-state index is 13.1. The summed E-state index contributed by atoms with van der Waals surface area (Å²) in [5, 5.41) is 0. The van der Waals surface area contributed by atoms with E-state index in [1.165, 1.54) is 5.56 Å². The molecule has 0 bridgehead atoms. The second-order valence-corrected chi connectivity index (χ2v) is 8.26. The highest BCUT2D eigenvalue weighted by atomic mass is 16.5. The Bertz CT molecular complexity index is 795. The van der Waals surface area contributed by atoms with Crippen molar-refractivity contribution >= 4 is 5.91 Å². The quantitative estimate of drug-likeness (QED) is 0.677. The number of benzene rings is 2. The summed E-state index contributed by atoms with van der Waals surface area (Å²) in [6.45, 7) is 5.64. The molecule has 2 fully saturated rings. The van der Waals surface area contributed by atoms with Gasteiger partial charge >= 0.3 is 0 Å². The molecule has 29 heavy (non-hydrogen) atoms. The fourth-order valence-electron chi connectivity index (χ4n) is 4.39. The Morgan fingerprint density at radius 3 is 2.31 bits per heavy atom. The van der Waals surface area contributed by atoms with Gasteiger partial charge in [-0.3, -0.25) is 4.79 Å². The topological polar surface area (TPSA) is 32.8 Å². The van der Waals surface area contributed by atoms with Crippen LogP contribution in [0.5, 0.6) is 5.75 Å². The average molecular weight is 393 g/mol. The first-order valence-electron chi connectivity index (χ1n) is 11.0. The average Bonchev–Trinajstić information content (AvgIpc) is 3.60. The fourth-order valence-corrected chi connectivity index (χ4v) is 4.39. The van der Waals surface area contributed by atoms with Crippen molar-refractivity contribution in [3.05, 3.63) is 65.7 Å². The van der Waals surface area contributed by atoms with Gasteiger partial charge in [0.25, 0.3) is 5.91 Å². The normalized spacial score (nSPS) is 17.8. The van der Waals surface area contributed by atoms with E-state index in [-0.39, 0.29) is 12.5 Å². The lowest BCUT2D eigenvalue weighted by Crippen LogP contribution is -2.49. The van der Waals surface area contributed by atoms with Crippen molar-refractivity contribution in [1.82, 2.24) is 9.80 Å². The number of carbonyl (C=O) groups excluding carboxylic acids is 1. The van der Waals surface area contributed by atoms with Crippen LogP contribution in [0.3, 0.4) is 0 Å². The Labute approximate surface area is 174 Å². The number of amides is 1. The molecule has 1 aliphatic heterocycles. The summed E-state index contributed by atoms with van der Waals surface area (Å²) in [7, 11) is 0. The Morgan fingerprint density at radius 1 is 0.966 bits per heavy atom. The number of likely N-dealkylation sites (tertiary alicyclic amines) is 1. The van der Waals surface area contributed by atoms with E-state index in [9.17, 15) is 4.79 Å². The number of piperidine rings is 1. The van der Waals surface area contributed by atoms with Crippen molar-refractivity contribution in [2.45, 2.75) is 51.1 Å². The summed E-state index contributed by atoms with van der Waals surface area (Å²) >= 11 is 0. The molecule has 4 nitrogen and oxygen atoms in total. The largest absolute Gasteiger partial charge is 0.483 e. The summed E-state index contributed by atoms with van der Waals surface area (Å²) in [4.78, 5) is 17.7. The van der Waals surface area contributed by atoms with Crippen LogP contribution in [0.1, 0.15) is 43.7 Å². The first kappa shape index (κ1) is 20.0. The molecule has 0 radical (unpaired) electrons. The molecule has 1 heterocycles. The number of hydrogen-bond acceptors (Lipinski definition) is 3. The predicted octanol–water partition coefficient (Wildman–Crippen LogP) is 4.13. The molecule has 0 aromatic heterocycles. The zero-order valence-electron chi connectivity index (χ0n) is 17.4. The summed E-state index contributed by atoms with van der Waals surface area (Å²) in [6.07, 6.45) is 5.27. The van der Waals surface area contributed by atoms with E-state index in [0.717, 1.165) is 63.1 Å². The minimum absolute atomic E-state index is 0.135. The van der Waals surface area contributed by atoms with Gasteiger partial charge in [0.2, 0.25) is 0 Å². The molecule has 1 saturated heterocycles. The van der Waals surface area contributed by atoms with Gasteiger partial charge in [-0.1, -0.05) is 55.5 Å². The SMILES string of the molecule is CCN1CCC(N(C(=O)COc2ccccc2Cc2ccccc2)C2CC2)CC1. The lowest BCUT2D eigenvalue weighted by molar-refractivity contribution is -0.137. The van der Waals surface area contributed by atoms with E-state index in [0.29, 0.717) is 12.1 Å². The summed E-state index contributed by atoms with van der Waals surface area (Å²) in [5.74, 6) is 0.971. The monoisotopic (exact) mass is 392 g/mol. The summed E-state index contributed by atoms with van der Waals surface area (Å²) in [6, 6.07) is 19.3. The van der Waals surface area contributed by atoms with Gasteiger partial charge in [-0.25, -0.2) is 0 Å². The van der Waals surface area contributed by atoms with Gasteiger partial charge in [-0.05, 0) is 49.4 Å². The van der Waals surface area contributed by atoms with E-state index in [4.69, 9.17) is 4.74 Å². The number of carbonyl (C=O) groups is 1. The van der Waals surface area contributed by atoms with Crippen LogP contribution in [0.15, 0.2) is 54.6 Å². The molecule has 4 heteroatoms. The van der Waals surface area contributed by atoms with E-state index >= 15 is 0 Å². The van der Waals surface area contributed by atoms with Gasteiger partial charge in [-0.15, -0.1) is 0 Å². The fraction of sp³-hybridized carbons (Fsp3) is 0.480. The van der Waals surface area contributed by atoms with Crippen LogP contribution in [0.2, 0.25) is 0 Å². The Kier molecular flexibility index (Phi) is 6.50. The summed E-state index contributed by atoms with van der Waals surface area (Å²) in [5.41, 5.74) is 2.37. The molecule has 4 rings (SSSR count). The van der Waals surface area contributed by atoms with Crippen LogP contribution >= 0.6 is 0 Å². The molecular formula is C25H32N2O2. The number of rotatable bonds is 8.